The van der Waals surface area contributed by atoms with Crippen molar-refractivity contribution in [3.8, 4) is 5.75 Å². The van der Waals surface area contributed by atoms with Crippen LogP contribution < -0.4 is 15.4 Å². The van der Waals surface area contributed by atoms with E-state index in [2.05, 4.69) is 15.4 Å². The molecule has 0 fully saturated rings. The number of amides is 2. The third-order valence-electron chi connectivity index (χ3n) is 3.79. The minimum atomic E-state index is -4.78. The molecule has 3 aromatic rings. The van der Waals surface area contributed by atoms with E-state index in [1.807, 2.05) is 0 Å². The highest BCUT2D eigenvalue weighted by molar-refractivity contribution is 6.06. The summed E-state index contributed by atoms with van der Waals surface area (Å²) < 4.78 is 40.3. The van der Waals surface area contributed by atoms with E-state index in [1.54, 1.807) is 42.5 Å². The maximum atomic E-state index is 12.3. The van der Waals surface area contributed by atoms with E-state index in [0.717, 1.165) is 12.1 Å². The number of ether oxygens (including phenoxy) is 1. The molecule has 0 saturated carbocycles. The Morgan fingerprint density at radius 1 is 0.655 bits per heavy atom. The van der Waals surface area contributed by atoms with Crippen LogP contribution in [0.5, 0.6) is 5.75 Å². The van der Waals surface area contributed by atoms with Crippen LogP contribution in [0.2, 0.25) is 0 Å². The molecule has 0 radical (unpaired) electrons. The highest BCUT2D eigenvalue weighted by Crippen LogP contribution is 2.24. The van der Waals surface area contributed by atoms with Crippen LogP contribution in [-0.2, 0) is 0 Å². The Morgan fingerprint density at radius 2 is 1.10 bits per heavy atom. The van der Waals surface area contributed by atoms with E-state index in [-0.39, 0.29) is 11.7 Å². The molecule has 148 valence electrons. The van der Waals surface area contributed by atoms with E-state index < -0.39 is 12.3 Å². The van der Waals surface area contributed by atoms with Crippen LogP contribution in [0.15, 0.2) is 78.9 Å². The first-order chi connectivity index (χ1) is 13.8. The zero-order chi connectivity index (χ0) is 20.9. The van der Waals surface area contributed by atoms with Gasteiger partial charge in [0.2, 0.25) is 0 Å². The molecule has 0 aliphatic carbocycles. The molecular weight excluding hydrogens is 385 g/mol. The first-order valence-corrected chi connectivity index (χ1v) is 8.44. The standard InChI is InChI=1S/C21H15F3N2O3/c22-21(23,24)29-18-12-10-17(11-13-18)26-20(28)15-6-8-16(9-7-15)25-19(27)14-4-2-1-3-5-14/h1-13H,(H,25,27)(H,26,28). The lowest BCUT2D eigenvalue weighted by Gasteiger charge is -2.10. The molecule has 0 heterocycles. The molecule has 3 aromatic carbocycles. The lowest BCUT2D eigenvalue weighted by Crippen LogP contribution is -2.17. The molecule has 0 aromatic heterocycles. The molecule has 8 heteroatoms. The molecule has 0 atom stereocenters. The van der Waals surface area contributed by atoms with Crippen molar-refractivity contribution in [3.63, 3.8) is 0 Å². The Morgan fingerprint density at radius 3 is 1.59 bits per heavy atom. The third kappa shape index (κ3) is 5.83. The van der Waals surface area contributed by atoms with Crippen LogP contribution >= 0.6 is 0 Å². The van der Waals surface area contributed by atoms with E-state index in [4.69, 9.17) is 0 Å². The maximum absolute atomic E-state index is 12.3. The van der Waals surface area contributed by atoms with Crippen LogP contribution in [0.4, 0.5) is 24.5 Å². The molecular formula is C21H15F3N2O3. The second-order valence-corrected chi connectivity index (χ2v) is 5.92. The molecule has 0 bridgehead atoms. The lowest BCUT2D eigenvalue weighted by atomic mass is 10.1. The predicted molar refractivity (Wildman–Crippen MR) is 102 cm³/mol. The van der Waals surface area contributed by atoms with Crippen molar-refractivity contribution in [2.45, 2.75) is 6.36 Å². The number of anilines is 2. The molecule has 3 rings (SSSR count). The number of alkyl halides is 3. The molecule has 0 aliphatic rings. The lowest BCUT2D eigenvalue weighted by molar-refractivity contribution is -0.274. The Kier molecular flexibility index (Phi) is 5.82. The first-order valence-electron chi connectivity index (χ1n) is 8.44. The topological polar surface area (TPSA) is 67.4 Å². The fraction of sp³-hybridized carbons (Fsp3) is 0.0476. The minimum Gasteiger partial charge on any atom is -0.406 e. The Bertz CT molecular complexity index is 986. The molecule has 0 spiro atoms. The largest absolute Gasteiger partial charge is 0.573 e. The van der Waals surface area contributed by atoms with Crippen LogP contribution in [0, 0.1) is 0 Å². The minimum absolute atomic E-state index is 0.274. The fourth-order valence-corrected chi connectivity index (χ4v) is 2.44. The molecule has 0 aliphatic heterocycles. The summed E-state index contributed by atoms with van der Waals surface area (Å²) in [5.74, 6) is -1.10. The summed E-state index contributed by atoms with van der Waals surface area (Å²) >= 11 is 0. The van der Waals surface area contributed by atoms with Crippen molar-refractivity contribution in [1.29, 1.82) is 0 Å². The fourth-order valence-electron chi connectivity index (χ4n) is 2.44. The highest BCUT2D eigenvalue weighted by atomic mass is 19.4. The summed E-state index contributed by atoms with van der Waals surface area (Å²) in [6, 6.07) is 19.7. The summed E-state index contributed by atoms with van der Waals surface area (Å²) in [6.45, 7) is 0. The third-order valence-corrected chi connectivity index (χ3v) is 3.79. The van der Waals surface area contributed by atoms with Crippen molar-refractivity contribution in [3.05, 3.63) is 90.0 Å². The number of rotatable bonds is 5. The number of hydrogen-bond acceptors (Lipinski definition) is 3. The molecule has 0 saturated heterocycles. The normalized spacial score (nSPS) is 10.9. The van der Waals surface area contributed by atoms with Crippen LogP contribution in [-0.4, -0.2) is 18.2 Å². The number of benzene rings is 3. The van der Waals surface area contributed by atoms with Crippen LogP contribution in [0.1, 0.15) is 20.7 Å². The van der Waals surface area contributed by atoms with Gasteiger partial charge in [-0.25, -0.2) is 0 Å². The van der Waals surface area contributed by atoms with Crippen molar-refractivity contribution >= 4 is 23.2 Å². The average molecular weight is 400 g/mol. The molecule has 2 amide bonds. The summed E-state index contributed by atoms with van der Waals surface area (Å²) in [5.41, 5.74) is 1.65. The van der Waals surface area contributed by atoms with Gasteiger partial charge in [-0.05, 0) is 60.7 Å². The monoisotopic (exact) mass is 400 g/mol. The molecule has 2 N–H and O–H groups in total. The van der Waals surface area contributed by atoms with Gasteiger partial charge >= 0.3 is 6.36 Å². The van der Waals surface area contributed by atoms with Gasteiger partial charge in [-0.15, -0.1) is 13.2 Å². The van der Waals surface area contributed by atoms with Gasteiger partial charge in [0.15, 0.2) is 0 Å². The number of nitrogens with one attached hydrogen (secondary N) is 2. The van der Waals surface area contributed by atoms with Crippen molar-refractivity contribution in [1.82, 2.24) is 0 Å². The van der Waals surface area contributed by atoms with Gasteiger partial charge in [0.25, 0.3) is 11.8 Å². The number of carbonyl (C=O) groups is 2. The van der Waals surface area contributed by atoms with Gasteiger partial charge in [0.1, 0.15) is 5.75 Å². The number of halogens is 3. The van der Waals surface area contributed by atoms with E-state index in [9.17, 15) is 22.8 Å². The van der Waals surface area contributed by atoms with E-state index in [1.165, 1.54) is 24.3 Å². The van der Waals surface area contributed by atoms with E-state index in [0.29, 0.717) is 22.5 Å². The second-order valence-electron chi connectivity index (χ2n) is 5.92. The summed E-state index contributed by atoms with van der Waals surface area (Å²) in [4.78, 5) is 24.4. The average Bonchev–Trinajstić information content (AvgIpc) is 2.69. The number of carbonyl (C=O) groups excluding carboxylic acids is 2. The number of hydrogen-bond donors (Lipinski definition) is 2. The summed E-state index contributed by atoms with van der Waals surface area (Å²) in [5, 5.41) is 5.29. The van der Waals surface area contributed by atoms with Gasteiger partial charge in [0.05, 0.1) is 0 Å². The zero-order valence-corrected chi connectivity index (χ0v) is 14.9. The van der Waals surface area contributed by atoms with Crippen LogP contribution in [0.25, 0.3) is 0 Å². The van der Waals surface area contributed by atoms with Crippen molar-refractivity contribution in [2.75, 3.05) is 10.6 Å². The van der Waals surface area contributed by atoms with Gasteiger partial charge < -0.3 is 15.4 Å². The van der Waals surface area contributed by atoms with Crippen molar-refractivity contribution < 1.29 is 27.5 Å². The van der Waals surface area contributed by atoms with Crippen molar-refractivity contribution in [2.24, 2.45) is 0 Å². The SMILES string of the molecule is O=C(Nc1ccc(C(=O)Nc2ccc(OC(F)(F)F)cc2)cc1)c1ccccc1. The second kappa shape index (κ2) is 8.47. The zero-order valence-electron chi connectivity index (χ0n) is 14.9. The molecule has 0 unspecified atom stereocenters. The van der Waals surface area contributed by atoms with Gasteiger partial charge in [-0.3, -0.25) is 9.59 Å². The Balaban J connectivity index is 1.59. The van der Waals surface area contributed by atoms with Gasteiger partial charge in [-0.1, -0.05) is 18.2 Å². The van der Waals surface area contributed by atoms with Crippen LogP contribution in [0.3, 0.4) is 0 Å². The predicted octanol–water partition coefficient (Wildman–Crippen LogP) is 5.09. The Labute approximate surface area is 164 Å². The molecule has 29 heavy (non-hydrogen) atoms. The molecule has 5 nitrogen and oxygen atoms in total. The quantitative estimate of drug-likeness (QED) is 0.627. The maximum Gasteiger partial charge on any atom is 0.573 e. The first kappa shape index (κ1) is 19.9. The smallest absolute Gasteiger partial charge is 0.406 e. The summed E-state index contributed by atoms with van der Waals surface area (Å²) in [7, 11) is 0. The van der Waals surface area contributed by atoms with Gasteiger partial charge in [0, 0.05) is 22.5 Å². The van der Waals surface area contributed by atoms with E-state index >= 15 is 0 Å². The highest BCUT2D eigenvalue weighted by Gasteiger charge is 2.30. The summed E-state index contributed by atoms with van der Waals surface area (Å²) in [6.07, 6.45) is -4.78. The Hall–Kier alpha value is -3.81. The van der Waals surface area contributed by atoms with Gasteiger partial charge in [-0.2, -0.15) is 0 Å².